The van der Waals surface area contributed by atoms with Crippen LogP contribution in [0.25, 0.3) is 16.7 Å². The van der Waals surface area contributed by atoms with Gasteiger partial charge in [-0.2, -0.15) is 0 Å². The van der Waals surface area contributed by atoms with Crippen molar-refractivity contribution in [3.8, 4) is 5.69 Å². The molecule has 3 rings (SSSR count). The standard InChI is InChI=1S/C15H13BrClN3/c1-8-5-11(6-9(2)14(8)16)20-13-7-10(17)3-4-12(13)19-15(20)18/h3-7H,1-2H3,(H2,18,19). The zero-order valence-corrected chi connectivity index (χ0v) is 13.5. The number of benzene rings is 2. The maximum absolute atomic E-state index is 6.09. The van der Waals surface area contributed by atoms with Crippen LogP contribution in [0.4, 0.5) is 5.95 Å². The quantitative estimate of drug-likeness (QED) is 0.695. The van der Waals surface area contributed by atoms with Crippen molar-refractivity contribution in [1.29, 1.82) is 0 Å². The Morgan fingerprint density at radius 2 is 1.80 bits per heavy atom. The van der Waals surface area contributed by atoms with Crippen molar-refractivity contribution in [2.45, 2.75) is 13.8 Å². The zero-order chi connectivity index (χ0) is 14.4. The Kier molecular flexibility index (Phi) is 3.22. The Bertz CT molecular complexity index is 800. The molecule has 0 aliphatic heterocycles. The van der Waals surface area contributed by atoms with Crippen molar-refractivity contribution < 1.29 is 0 Å². The van der Waals surface area contributed by atoms with E-state index >= 15 is 0 Å². The molecule has 0 spiro atoms. The Morgan fingerprint density at radius 3 is 2.45 bits per heavy atom. The molecule has 0 aliphatic carbocycles. The minimum Gasteiger partial charge on any atom is -0.369 e. The van der Waals surface area contributed by atoms with Crippen LogP contribution in [0.2, 0.25) is 5.02 Å². The second kappa shape index (κ2) is 4.79. The van der Waals surface area contributed by atoms with Gasteiger partial charge < -0.3 is 5.73 Å². The SMILES string of the molecule is Cc1cc(-n2c(N)nc3ccc(Cl)cc32)cc(C)c1Br. The van der Waals surface area contributed by atoms with Crippen LogP contribution in [0.15, 0.2) is 34.8 Å². The van der Waals surface area contributed by atoms with Crippen LogP contribution in [0.5, 0.6) is 0 Å². The fourth-order valence-corrected chi connectivity index (χ4v) is 2.79. The number of hydrogen-bond donors (Lipinski definition) is 1. The molecule has 0 radical (unpaired) electrons. The van der Waals surface area contributed by atoms with Crippen molar-refractivity contribution in [2.24, 2.45) is 0 Å². The predicted octanol–water partition coefficient (Wildman–Crippen LogP) is 4.64. The highest BCUT2D eigenvalue weighted by Crippen LogP contribution is 2.29. The molecular weight excluding hydrogens is 338 g/mol. The Labute approximate surface area is 130 Å². The number of halogens is 2. The molecule has 5 heteroatoms. The predicted molar refractivity (Wildman–Crippen MR) is 87.7 cm³/mol. The molecule has 0 saturated carbocycles. The molecule has 3 nitrogen and oxygen atoms in total. The summed E-state index contributed by atoms with van der Waals surface area (Å²) in [5, 5.41) is 0.671. The Morgan fingerprint density at radius 1 is 1.15 bits per heavy atom. The lowest BCUT2D eigenvalue weighted by atomic mass is 10.1. The lowest BCUT2D eigenvalue weighted by Gasteiger charge is -2.11. The fourth-order valence-electron chi connectivity index (χ4n) is 2.39. The molecule has 0 atom stereocenters. The summed E-state index contributed by atoms with van der Waals surface area (Å²) in [5.41, 5.74) is 11.1. The Balaban J connectivity index is 2.34. The summed E-state index contributed by atoms with van der Waals surface area (Å²) in [7, 11) is 0. The summed E-state index contributed by atoms with van der Waals surface area (Å²) in [6.45, 7) is 4.12. The largest absolute Gasteiger partial charge is 0.369 e. The van der Waals surface area contributed by atoms with E-state index in [-0.39, 0.29) is 0 Å². The highest BCUT2D eigenvalue weighted by atomic mass is 79.9. The van der Waals surface area contributed by atoms with Crippen molar-refractivity contribution in [3.05, 3.63) is 51.0 Å². The summed E-state index contributed by atoms with van der Waals surface area (Å²) in [6.07, 6.45) is 0. The van der Waals surface area contributed by atoms with Gasteiger partial charge in [-0.25, -0.2) is 4.98 Å². The van der Waals surface area contributed by atoms with Gasteiger partial charge in [0.1, 0.15) is 0 Å². The molecule has 2 aromatic carbocycles. The summed E-state index contributed by atoms with van der Waals surface area (Å²) < 4.78 is 3.04. The topological polar surface area (TPSA) is 43.8 Å². The first-order valence-electron chi connectivity index (χ1n) is 6.18. The number of rotatable bonds is 1. The number of hydrogen-bond acceptors (Lipinski definition) is 2. The second-order valence-corrected chi connectivity index (χ2v) is 6.06. The molecule has 3 aromatic rings. The fraction of sp³-hybridized carbons (Fsp3) is 0.133. The van der Waals surface area contributed by atoms with E-state index in [1.807, 2.05) is 22.8 Å². The molecule has 0 saturated heterocycles. The average Bonchev–Trinajstić information content (AvgIpc) is 2.70. The minimum absolute atomic E-state index is 0.461. The normalized spacial score (nSPS) is 11.2. The van der Waals surface area contributed by atoms with Crippen LogP contribution in [-0.4, -0.2) is 9.55 Å². The van der Waals surface area contributed by atoms with Crippen molar-refractivity contribution in [2.75, 3.05) is 5.73 Å². The zero-order valence-electron chi connectivity index (χ0n) is 11.1. The van der Waals surface area contributed by atoms with Gasteiger partial charge in [0.05, 0.1) is 11.0 Å². The van der Waals surface area contributed by atoms with Gasteiger partial charge in [-0.1, -0.05) is 27.5 Å². The van der Waals surface area contributed by atoms with E-state index in [4.69, 9.17) is 17.3 Å². The van der Waals surface area contributed by atoms with Gasteiger partial charge in [0, 0.05) is 15.2 Å². The van der Waals surface area contributed by atoms with Gasteiger partial charge in [-0.15, -0.1) is 0 Å². The number of aryl methyl sites for hydroxylation is 2. The number of nitrogens with zero attached hydrogens (tertiary/aromatic N) is 2. The monoisotopic (exact) mass is 349 g/mol. The van der Waals surface area contributed by atoms with E-state index in [0.717, 1.165) is 32.3 Å². The van der Waals surface area contributed by atoms with Gasteiger partial charge in [0.2, 0.25) is 5.95 Å². The summed E-state index contributed by atoms with van der Waals surface area (Å²) in [4.78, 5) is 4.38. The molecule has 0 bridgehead atoms. The van der Waals surface area contributed by atoms with E-state index in [1.54, 1.807) is 0 Å². The molecule has 0 unspecified atom stereocenters. The van der Waals surface area contributed by atoms with Crippen LogP contribution in [0, 0.1) is 13.8 Å². The van der Waals surface area contributed by atoms with Crippen molar-refractivity contribution in [3.63, 3.8) is 0 Å². The summed E-state index contributed by atoms with van der Waals surface area (Å²) in [5.74, 6) is 0.461. The first-order chi connectivity index (χ1) is 9.47. The highest BCUT2D eigenvalue weighted by molar-refractivity contribution is 9.10. The molecule has 20 heavy (non-hydrogen) atoms. The molecule has 0 fully saturated rings. The van der Waals surface area contributed by atoms with Crippen LogP contribution in [-0.2, 0) is 0 Å². The van der Waals surface area contributed by atoms with Gasteiger partial charge in [0.15, 0.2) is 0 Å². The van der Waals surface area contributed by atoms with E-state index in [9.17, 15) is 0 Å². The van der Waals surface area contributed by atoms with Crippen LogP contribution >= 0.6 is 27.5 Å². The highest BCUT2D eigenvalue weighted by Gasteiger charge is 2.12. The van der Waals surface area contributed by atoms with Crippen LogP contribution in [0.1, 0.15) is 11.1 Å². The molecule has 1 heterocycles. The van der Waals surface area contributed by atoms with E-state index in [1.165, 1.54) is 0 Å². The van der Waals surface area contributed by atoms with E-state index in [2.05, 4.69) is 46.9 Å². The van der Waals surface area contributed by atoms with Gasteiger partial charge in [0.25, 0.3) is 0 Å². The molecule has 2 N–H and O–H groups in total. The molecule has 1 aromatic heterocycles. The number of anilines is 1. The molecule has 102 valence electrons. The number of imidazole rings is 1. The molecule has 0 aliphatic rings. The first kappa shape index (κ1) is 13.5. The van der Waals surface area contributed by atoms with Crippen LogP contribution in [0.3, 0.4) is 0 Å². The summed E-state index contributed by atoms with van der Waals surface area (Å²) in [6, 6.07) is 9.74. The van der Waals surface area contributed by atoms with E-state index in [0.29, 0.717) is 11.0 Å². The average molecular weight is 351 g/mol. The third-order valence-corrected chi connectivity index (χ3v) is 4.81. The van der Waals surface area contributed by atoms with Gasteiger partial charge >= 0.3 is 0 Å². The lowest BCUT2D eigenvalue weighted by Crippen LogP contribution is -2.01. The minimum atomic E-state index is 0.461. The van der Waals surface area contributed by atoms with Gasteiger partial charge in [-0.05, 0) is 55.3 Å². The number of nitrogen functional groups attached to an aromatic ring is 1. The number of nitrogens with two attached hydrogens (primary N) is 1. The maximum atomic E-state index is 6.09. The number of fused-ring (bicyclic) bond motifs is 1. The second-order valence-electron chi connectivity index (χ2n) is 4.83. The van der Waals surface area contributed by atoms with Crippen molar-refractivity contribution in [1.82, 2.24) is 9.55 Å². The Hall–Kier alpha value is -1.52. The summed E-state index contributed by atoms with van der Waals surface area (Å²) >= 11 is 9.66. The van der Waals surface area contributed by atoms with E-state index < -0.39 is 0 Å². The van der Waals surface area contributed by atoms with Crippen molar-refractivity contribution >= 4 is 44.5 Å². The lowest BCUT2D eigenvalue weighted by molar-refractivity contribution is 1.10. The third kappa shape index (κ3) is 2.09. The maximum Gasteiger partial charge on any atom is 0.205 e. The molecular formula is C15H13BrClN3. The number of aromatic nitrogens is 2. The van der Waals surface area contributed by atoms with Gasteiger partial charge in [-0.3, -0.25) is 4.57 Å². The van der Waals surface area contributed by atoms with Crippen LogP contribution < -0.4 is 5.73 Å². The first-order valence-corrected chi connectivity index (χ1v) is 7.35. The molecule has 0 amide bonds. The third-order valence-electron chi connectivity index (χ3n) is 3.32. The smallest absolute Gasteiger partial charge is 0.205 e.